The third-order valence-electron chi connectivity index (χ3n) is 2.87. The van der Waals surface area contributed by atoms with Gasteiger partial charge in [0, 0.05) is 35.6 Å². The van der Waals surface area contributed by atoms with Crippen LogP contribution in [-0.4, -0.2) is 15.6 Å². The van der Waals surface area contributed by atoms with Crippen molar-refractivity contribution in [3.63, 3.8) is 0 Å². The third-order valence-corrected chi connectivity index (χ3v) is 3.05. The highest BCUT2D eigenvalue weighted by atomic mass is 35.5. The number of hydrogen-bond donors (Lipinski definition) is 1. The van der Waals surface area contributed by atoms with Crippen LogP contribution in [0.2, 0.25) is 0 Å². The van der Waals surface area contributed by atoms with Crippen molar-refractivity contribution in [3.8, 4) is 0 Å². The number of allylic oxidation sites excluding steroid dienone is 1. The zero-order chi connectivity index (χ0) is 13.0. The quantitative estimate of drug-likeness (QED) is 0.898. The summed E-state index contributed by atoms with van der Waals surface area (Å²) < 4.78 is 2.07. The highest BCUT2D eigenvalue weighted by Gasteiger charge is 2.08. The van der Waals surface area contributed by atoms with Crippen LogP contribution >= 0.6 is 11.6 Å². The molecule has 0 amide bonds. The van der Waals surface area contributed by atoms with Gasteiger partial charge in [-0.3, -0.25) is 4.79 Å². The van der Waals surface area contributed by atoms with Crippen LogP contribution in [0, 0.1) is 0 Å². The summed E-state index contributed by atoms with van der Waals surface area (Å²) >= 11 is 5.54. The SMILES string of the molecule is O=C(O)CCc1cn(C/C=C/Cl)c2ccccc12. The van der Waals surface area contributed by atoms with Gasteiger partial charge in [-0.05, 0) is 18.1 Å². The van der Waals surface area contributed by atoms with E-state index in [0.717, 1.165) is 16.5 Å². The van der Waals surface area contributed by atoms with Crippen molar-refractivity contribution in [1.82, 2.24) is 4.57 Å². The number of aliphatic carboxylic acids is 1. The Labute approximate surface area is 110 Å². The van der Waals surface area contributed by atoms with Crippen LogP contribution in [0.15, 0.2) is 42.1 Å². The van der Waals surface area contributed by atoms with Crippen LogP contribution in [0.1, 0.15) is 12.0 Å². The van der Waals surface area contributed by atoms with Gasteiger partial charge in [0.05, 0.1) is 0 Å². The van der Waals surface area contributed by atoms with E-state index in [4.69, 9.17) is 16.7 Å². The minimum atomic E-state index is -0.771. The summed E-state index contributed by atoms with van der Waals surface area (Å²) in [6, 6.07) is 7.99. The first kappa shape index (κ1) is 12.7. The highest BCUT2D eigenvalue weighted by molar-refractivity contribution is 6.25. The molecule has 2 rings (SSSR count). The molecule has 1 aromatic carbocycles. The lowest BCUT2D eigenvalue weighted by Crippen LogP contribution is -1.97. The zero-order valence-corrected chi connectivity index (χ0v) is 10.6. The molecule has 0 spiro atoms. The molecule has 1 N–H and O–H groups in total. The molecule has 0 radical (unpaired) electrons. The monoisotopic (exact) mass is 263 g/mol. The Morgan fingerprint density at radius 2 is 2.17 bits per heavy atom. The number of para-hydroxylation sites is 1. The summed E-state index contributed by atoms with van der Waals surface area (Å²) in [7, 11) is 0. The first-order chi connectivity index (χ1) is 8.72. The summed E-state index contributed by atoms with van der Waals surface area (Å²) in [5.41, 5.74) is 3.66. The number of halogens is 1. The maximum absolute atomic E-state index is 10.7. The van der Waals surface area contributed by atoms with Gasteiger partial charge in [0.1, 0.15) is 0 Å². The average Bonchev–Trinajstić information content (AvgIpc) is 2.72. The number of aryl methyl sites for hydroxylation is 1. The summed E-state index contributed by atoms with van der Waals surface area (Å²) in [4.78, 5) is 10.7. The van der Waals surface area contributed by atoms with E-state index in [0.29, 0.717) is 13.0 Å². The fourth-order valence-electron chi connectivity index (χ4n) is 2.07. The number of benzene rings is 1. The van der Waals surface area contributed by atoms with Gasteiger partial charge in [0.2, 0.25) is 0 Å². The Morgan fingerprint density at radius 1 is 1.39 bits per heavy atom. The van der Waals surface area contributed by atoms with Gasteiger partial charge in [0.15, 0.2) is 0 Å². The molecular weight excluding hydrogens is 250 g/mol. The molecule has 94 valence electrons. The molecule has 0 unspecified atom stereocenters. The van der Waals surface area contributed by atoms with E-state index < -0.39 is 5.97 Å². The smallest absolute Gasteiger partial charge is 0.303 e. The number of aromatic nitrogens is 1. The summed E-state index contributed by atoms with van der Waals surface area (Å²) in [5, 5.41) is 9.87. The minimum absolute atomic E-state index is 0.152. The number of hydrogen-bond acceptors (Lipinski definition) is 1. The Morgan fingerprint density at radius 3 is 2.89 bits per heavy atom. The molecular formula is C14H14ClNO2. The molecule has 0 atom stereocenters. The maximum atomic E-state index is 10.7. The van der Waals surface area contributed by atoms with Crippen molar-refractivity contribution >= 4 is 28.5 Å². The van der Waals surface area contributed by atoms with E-state index in [1.54, 1.807) is 0 Å². The molecule has 18 heavy (non-hydrogen) atoms. The molecule has 1 heterocycles. The van der Waals surface area contributed by atoms with E-state index in [1.807, 2.05) is 36.5 Å². The second kappa shape index (κ2) is 5.74. The molecule has 0 aliphatic carbocycles. The molecule has 1 aromatic heterocycles. The summed E-state index contributed by atoms with van der Waals surface area (Å²) in [6.45, 7) is 0.692. The molecule has 3 nitrogen and oxygen atoms in total. The van der Waals surface area contributed by atoms with E-state index >= 15 is 0 Å². The average molecular weight is 264 g/mol. The number of nitrogens with zero attached hydrogens (tertiary/aromatic N) is 1. The number of rotatable bonds is 5. The van der Waals surface area contributed by atoms with Gasteiger partial charge < -0.3 is 9.67 Å². The van der Waals surface area contributed by atoms with Crippen LogP contribution in [0.3, 0.4) is 0 Å². The van der Waals surface area contributed by atoms with E-state index in [2.05, 4.69) is 4.57 Å². The normalized spacial score (nSPS) is 11.4. The molecule has 0 aliphatic heterocycles. The lowest BCUT2D eigenvalue weighted by molar-refractivity contribution is -0.136. The van der Waals surface area contributed by atoms with Crippen molar-refractivity contribution in [2.24, 2.45) is 0 Å². The summed E-state index contributed by atoms with van der Waals surface area (Å²) in [6.07, 6.45) is 4.56. The van der Waals surface area contributed by atoms with E-state index in [-0.39, 0.29) is 6.42 Å². The maximum Gasteiger partial charge on any atom is 0.303 e. The van der Waals surface area contributed by atoms with Crippen molar-refractivity contribution in [2.45, 2.75) is 19.4 Å². The Balaban J connectivity index is 2.37. The number of fused-ring (bicyclic) bond motifs is 1. The third kappa shape index (κ3) is 2.74. The van der Waals surface area contributed by atoms with Crippen LogP contribution in [0.25, 0.3) is 10.9 Å². The first-order valence-electron chi connectivity index (χ1n) is 5.76. The van der Waals surface area contributed by atoms with Gasteiger partial charge in [-0.1, -0.05) is 35.9 Å². The van der Waals surface area contributed by atoms with Crippen molar-refractivity contribution in [2.75, 3.05) is 0 Å². The largest absolute Gasteiger partial charge is 0.481 e. The van der Waals surface area contributed by atoms with E-state index in [9.17, 15) is 4.79 Å². The van der Waals surface area contributed by atoms with Crippen LogP contribution in [0.4, 0.5) is 0 Å². The van der Waals surface area contributed by atoms with Gasteiger partial charge in [-0.2, -0.15) is 0 Å². The molecule has 0 saturated heterocycles. The second-order valence-corrected chi connectivity index (χ2v) is 4.33. The molecule has 4 heteroatoms. The van der Waals surface area contributed by atoms with Crippen LogP contribution in [-0.2, 0) is 17.8 Å². The lowest BCUT2D eigenvalue weighted by Gasteiger charge is -1.99. The Hall–Kier alpha value is -1.74. The standard InChI is InChI=1S/C14H14ClNO2/c15-8-3-9-16-10-11(6-7-14(17)18)12-4-1-2-5-13(12)16/h1-5,8,10H,6-7,9H2,(H,17,18)/b8-3+. The highest BCUT2D eigenvalue weighted by Crippen LogP contribution is 2.22. The zero-order valence-electron chi connectivity index (χ0n) is 9.84. The molecule has 0 saturated carbocycles. The van der Waals surface area contributed by atoms with Gasteiger partial charge in [-0.15, -0.1) is 0 Å². The number of carbonyl (C=O) groups is 1. The van der Waals surface area contributed by atoms with Gasteiger partial charge in [0.25, 0.3) is 0 Å². The van der Waals surface area contributed by atoms with E-state index in [1.165, 1.54) is 5.54 Å². The van der Waals surface area contributed by atoms with Crippen molar-refractivity contribution in [3.05, 3.63) is 47.6 Å². The predicted molar refractivity (Wildman–Crippen MR) is 72.9 cm³/mol. The van der Waals surface area contributed by atoms with Crippen molar-refractivity contribution in [1.29, 1.82) is 0 Å². The van der Waals surface area contributed by atoms with Crippen LogP contribution in [0.5, 0.6) is 0 Å². The number of carboxylic acids is 1. The van der Waals surface area contributed by atoms with Crippen LogP contribution < -0.4 is 0 Å². The minimum Gasteiger partial charge on any atom is -0.481 e. The van der Waals surface area contributed by atoms with Gasteiger partial charge in [-0.25, -0.2) is 0 Å². The summed E-state index contributed by atoms with van der Waals surface area (Å²) in [5.74, 6) is -0.771. The fraction of sp³-hybridized carbons (Fsp3) is 0.214. The number of carboxylic acid groups (broad SMARTS) is 1. The molecule has 0 aliphatic rings. The van der Waals surface area contributed by atoms with Crippen molar-refractivity contribution < 1.29 is 9.90 Å². The lowest BCUT2D eigenvalue weighted by atomic mass is 10.1. The fourth-order valence-corrected chi connectivity index (χ4v) is 2.15. The van der Waals surface area contributed by atoms with Gasteiger partial charge >= 0.3 is 5.97 Å². The Bertz CT molecular complexity index is 586. The second-order valence-electron chi connectivity index (χ2n) is 4.08. The molecule has 0 fully saturated rings. The first-order valence-corrected chi connectivity index (χ1v) is 6.20. The molecule has 0 bridgehead atoms. The molecule has 2 aromatic rings. The predicted octanol–water partition coefficient (Wildman–Crippen LogP) is 3.41. The Kier molecular flexibility index (Phi) is 4.05. The topological polar surface area (TPSA) is 42.2 Å².